The van der Waals surface area contributed by atoms with Crippen LogP contribution in [0.5, 0.6) is 0 Å². The molecule has 2 heterocycles. The highest BCUT2D eigenvalue weighted by Gasteiger charge is 2.42. The summed E-state index contributed by atoms with van der Waals surface area (Å²) in [6.07, 6.45) is -5.42. The van der Waals surface area contributed by atoms with Crippen molar-refractivity contribution in [3.63, 3.8) is 0 Å². The van der Waals surface area contributed by atoms with Gasteiger partial charge in [-0.2, -0.15) is 13.2 Å². The molecular weight excluding hydrogens is 407 g/mol. The Balaban J connectivity index is 2.97. The summed E-state index contributed by atoms with van der Waals surface area (Å²) in [5.74, 6) is -1.77. The Labute approximate surface area is 153 Å². The van der Waals surface area contributed by atoms with Crippen molar-refractivity contribution in [1.29, 1.82) is 0 Å². The van der Waals surface area contributed by atoms with E-state index >= 15 is 0 Å². The Hall–Kier alpha value is -4.16. The highest BCUT2D eigenvalue weighted by Crippen LogP contribution is 2.40. The molecule has 0 fully saturated rings. The molecule has 1 aromatic carbocycles. The SMILES string of the molecule is NC(=O)c1c(C(F)(F)F)c2oc(=O)ccc(=O)oc2c2oc(=O)ccc(=O)oc12. The molecule has 0 atom stereocenters. The van der Waals surface area contributed by atoms with Gasteiger partial charge in [-0.05, 0) is 0 Å². The van der Waals surface area contributed by atoms with Gasteiger partial charge in [0.1, 0.15) is 11.1 Å². The number of carbonyl (C=O) groups is 1. The fourth-order valence-corrected chi connectivity index (χ4v) is 2.36. The summed E-state index contributed by atoms with van der Waals surface area (Å²) in [5.41, 5.74) is -8.99. The minimum Gasteiger partial charge on any atom is -0.419 e. The van der Waals surface area contributed by atoms with Gasteiger partial charge in [0.2, 0.25) is 11.2 Å². The van der Waals surface area contributed by atoms with Gasteiger partial charge in [0.15, 0.2) is 11.2 Å². The number of carbonyl (C=O) groups excluding carboxylic acids is 1. The number of rotatable bonds is 1. The molecule has 3 aromatic rings. The van der Waals surface area contributed by atoms with Crippen molar-refractivity contribution in [1.82, 2.24) is 0 Å². The quantitative estimate of drug-likeness (QED) is 0.614. The van der Waals surface area contributed by atoms with Crippen LogP contribution in [0.3, 0.4) is 0 Å². The molecule has 150 valence electrons. The molecule has 0 bridgehead atoms. The van der Waals surface area contributed by atoms with E-state index < -0.39 is 68.0 Å². The molecule has 3 rings (SSSR count). The lowest BCUT2D eigenvalue weighted by atomic mass is 10.0. The molecule has 0 radical (unpaired) electrons. The predicted molar refractivity (Wildman–Crippen MR) is 86.7 cm³/mol. The number of amides is 1. The van der Waals surface area contributed by atoms with E-state index in [0.29, 0.717) is 24.3 Å². The van der Waals surface area contributed by atoms with E-state index in [-0.39, 0.29) is 0 Å². The first-order valence-electron chi connectivity index (χ1n) is 7.33. The number of hydrogen-bond acceptors (Lipinski definition) is 9. The maximum atomic E-state index is 13.8. The molecule has 0 aliphatic carbocycles. The highest BCUT2D eigenvalue weighted by molar-refractivity contribution is 6.12. The van der Waals surface area contributed by atoms with Crippen LogP contribution in [0.25, 0.3) is 22.3 Å². The molecule has 29 heavy (non-hydrogen) atoms. The van der Waals surface area contributed by atoms with Crippen LogP contribution in [0.4, 0.5) is 13.2 Å². The lowest BCUT2D eigenvalue weighted by Gasteiger charge is -2.12. The monoisotopic (exact) mass is 413 g/mol. The number of primary amides is 1. The third-order valence-corrected chi connectivity index (χ3v) is 3.37. The van der Waals surface area contributed by atoms with E-state index in [4.69, 9.17) is 10.2 Å². The Kier molecular flexibility index (Phi) is 4.58. The van der Waals surface area contributed by atoms with Gasteiger partial charge in [0.25, 0.3) is 5.91 Å². The third kappa shape index (κ3) is 3.65. The number of nitrogens with two attached hydrogens (primary N) is 1. The van der Waals surface area contributed by atoms with Crippen LogP contribution in [0.2, 0.25) is 0 Å². The minimum absolute atomic E-state index is 0.459. The zero-order valence-electron chi connectivity index (χ0n) is 13.7. The van der Waals surface area contributed by atoms with Crippen molar-refractivity contribution in [2.75, 3.05) is 0 Å². The van der Waals surface area contributed by atoms with E-state index in [1.54, 1.807) is 0 Å². The van der Waals surface area contributed by atoms with E-state index in [0.717, 1.165) is 0 Å². The van der Waals surface area contributed by atoms with Crippen molar-refractivity contribution >= 4 is 28.2 Å². The molecule has 0 unspecified atom stereocenters. The topological polar surface area (TPSA) is 164 Å². The first-order valence-corrected chi connectivity index (χ1v) is 7.33. The lowest BCUT2D eigenvalue weighted by Crippen LogP contribution is -2.21. The number of hydrogen-bond donors (Lipinski definition) is 1. The predicted octanol–water partition coefficient (Wildman–Crippen LogP) is 1.05. The van der Waals surface area contributed by atoms with E-state index in [1.165, 1.54) is 0 Å². The molecule has 0 saturated heterocycles. The van der Waals surface area contributed by atoms with E-state index in [2.05, 4.69) is 13.3 Å². The molecular formula is C16H6F3NO9. The number of fused-ring (bicyclic) bond motifs is 3. The second-order valence-electron chi connectivity index (χ2n) is 5.28. The van der Waals surface area contributed by atoms with Gasteiger partial charge in [-0.15, -0.1) is 0 Å². The standard InChI is InChI=1S/C16H6F3NO9/c17-16(18,19)10-9(15(20)25)11-13(28-7(23)3-1-5(21)26-11)14-12(10)27-6(22)2-4-8(24)29-14/h1-4H,(H2,20,25). The average Bonchev–Trinajstić information content (AvgIpc) is 2.58. The van der Waals surface area contributed by atoms with Crippen LogP contribution in [0.1, 0.15) is 15.9 Å². The summed E-state index contributed by atoms with van der Waals surface area (Å²) in [6, 6.07) is 2.04. The number of alkyl halides is 3. The van der Waals surface area contributed by atoms with Gasteiger partial charge in [-0.25, -0.2) is 19.2 Å². The first kappa shape index (κ1) is 19.6. The summed E-state index contributed by atoms with van der Waals surface area (Å²) in [5, 5.41) is 0. The summed E-state index contributed by atoms with van der Waals surface area (Å²) < 4.78 is 59.9. The molecule has 1 amide bonds. The van der Waals surface area contributed by atoms with E-state index in [1.807, 2.05) is 0 Å². The normalized spacial score (nSPS) is 11.4. The van der Waals surface area contributed by atoms with Crippen molar-refractivity contribution in [3.8, 4) is 0 Å². The average molecular weight is 413 g/mol. The summed E-state index contributed by atoms with van der Waals surface area (Å²) in [7, 11) is 0. The largest absolute Gasteiger partial charge is 0.421 e. The van der Waals surface area contributed by atoms with Crippen LogP contribution in [-0.2, 0) is 6.18 Å². The molecule has 2 N–H and O–H groups in total. The zero-order chi connectivity index (χ0) is 21.5. The Morgan fingerprint density at radius 2 is 1.03 bits per heavy atom. The fourth-order valence-electron chi connectivity index (χ4n) is 2.36. The molecule has 2 aromatic heterocycles. The lowest BCUT2D eigenvalue weighted by molar-refractivity contribution is -0.137. The molecule has 10 nitrogen and oxygen atoms in total. The van der Waals surface area contributed by atoms with Crippen LogP contribution >= 0.6 is 0 Å². The second kappa shape index (κ2) is 6.78. The van der Waals surface area contributed by atoms with Gasteiger partial charge in [-0.1, -0.05) is 0 Å². The van der Waals surface area contributed by atoms with Crippen LogP contribution in [-0.4, -0.2) is 5.91 Å². The number of halogens is 3. The zero-order valence-corrected chi connectivity index (χ0v) is 13.7. The fraction of sp³-hybridized carbons (Fsp3) is 0.0625. The smallest absolute Gasteiger partial charge is 0.419 e. The highest BCUT2D eigenvalue weighted by atomic mass is 19.4. The van der Waals surface area contributed by atoms with Gasteiger partial charge in [-0.3, -0.25) is 4.79 Å². The third-order valence-electron chi connectivity index (χ3n) is 3.37. The van der Waals surface area contributed by atoms with Crippen molar-refractivity contribution in [2.45, 2.75) is 6.18 Å². The second-order valence-corrected chi connectivity index (χ2v) is 5.28. The van der Waals surface area contributed by atoms with Crippen molar-refractivity contribution < 1.29 is 35.6 Å². The van der Waals surface area contributed by atoms with Crippen LogP contribution < -0.4 is 28.2 Å². The van der Waals surface area contributed by atoms with Gasteiger partial charge >= 0.3 is 28.7 Å². The van der Waals surface area contributed by atoms with Crippen molar-refractivity contribution in [3.05, 3.63) is 77.1 Å². The van der Waals surface area contributed by atoms with Gasteiger partial charge < -0.3 is 23.4 Å². The molecule has 0 saturated carbocycles. The maximum Gasteiger partial charge on any atom is 0.421 e. The van der Waals surface area contributed by atoms with Gasteiger partial charge in [0.05, 0.1) is 0 Å². The van der Waals surface area contributed by atoms with Crippen LogP contribution in [0, 0.1) is 0 Å². The summed E-state index contributed by atoms with van der Waals surface area (Å²) in [6.45, 7) is 0. The molecule has 0 aliphatic heterocycles. The Bertz CT molecular complexity index is 1460. The summed E-state index contributed by atoms with van der Waals surface area (Å²) in [4.78, 5) is 58.8. The Morgan fingerprint density at radius 3 is 1.41 bits per heavy atom. The first-order chi connectivity index (χ1) is 13.5. The Morgan fingerprint density at radius 1 is 0.690 bits per heavy atom. The number of benzene rings is 1. The van der Waals surface area contributed by atoms with Crippen LogP contribution in [0.15, 0.2) is 61.1 Å². The maximum absolute atomic E-state index is 13.8. The molecule has 0 aliphatic rings. The van der Waals surface area contributed by atoms with E-state index in [9.17, 15) is 37.1 Å². The van der Waals surface area contributed by atoms with Gasteiger partial charge in [0, 0.05) is 24.3 Å². The molecule has 0 spiro atoms. The summed E-state index contributed by atoms with van der Waals surface area (Å²) >= 11 is 0. The van der Waals surface area contributed by atoms with Crippen molar-refractivity contribution in [2.24, 2.45) is 5.73 Å². The molecule has 13 heteroatoms. The minimum atomic E-state index is -5.42.